The molecule has 1 unspecified atom stereocenters. The lowest BCUT2D eigenvalue weighted by Crippen LogP contribution is -2.84. The lowest BCUT2D eigenvalue weighted by Gasteiger charge is -2.20. The molecule has 4 heteroatoms. The minimum atomic E-state index is -1.24. The van der Waals surface area contributed by atoms with Crippen LogP contribution in [0.5, 0.6) is 0 Å². The molecule has 3 N–H and O–H groups in total. The average molecular weight is 314 g/mol. The predicted octanol–water partition coefficient (Wildman–Crippen LogP) is 2.81. The number of hydrogen-bond acceptors (Lipinski definition) is 2. The molecule has 0 radical (unpaired) electrons. The molecule has 0 heterocycles. The summed E-state index contributed by atoms with van der Waals surface area (Å²) in [5, 5.41) is 12.7. The van der Waals surface area contributed by atoms with Gasteiger partial charge in [-0.25, -0.2) is 0 Å². The van der Waals surface area contributed by atoms with E-state index in [1.54, 1.807) is 0 Å². The third-order valence-corrected chi connectivity index (χ3v) is 4.20. The van der Waals surface area contributed by atoms with Gasteiger partial charge in [0, 0.05) is 5.97 Å². The van der Waals surface area contributed by atoms with Gasteiger partial charge in [-0.2, -0.15) is 0 Å². The van der Waals surface area contributed by atoms with Crippen molar-refractivity contribution in [1.82, 2.24) is 0 Å². The number of nitrogens with one attached hydrogen (secondary N) is 1. The molecule has 4 nitrogen and oxygen atoms in total. The Balaban J connectivity index is 3.04. The van der Waals surface area contributed by atoms with E-state index in [0.29, 0.717) is 6.42 Å². The van der Waals surface area contributed by atoms with E-state index in [-0.39, 0.29) is 0 Å². The second-order valence-corrected chi connectivity index (χ2v) is 6.42. The molecule has 0 rings (SSSR count). The molecule has 0 spiro atoms. The highest BCUT2D eigenvalue weighted by molar-refractivity contribution is 5.72. The van der Waals surface area contributed by atoms with Gasteiger partial charge < -0.3 is 21.0 Å². The summed E-state index contributed by atoms with van der Waals surface area (Å²) >= 11 is 0. The van der Waals surface area contributed by atoms with Gasteiger partial charge in [-0.3, -0.25) is 0 Å². The van der Waals surface area contributed by atoms with Crippen LogP contribution in [0.3, 0.4) is 0 Å². The molecule has 0 saturated carbocycles. The van der Waals surface area contributed by atoms with Crippen molar-refractivity contribution in [2.45, 2.75) is 96.4 Å². The van der Waals surface area contributed by atoms with Gasteiger partial charge in [-0.05, 0) is 25.7 Å². The van der Waals surface area contributed by atoms with Crippen molar-refractivity contribution in [3.8, 4) is 0 Å². The van der Waals surface area contributed by atoms with Gasteiger partial charge in [0.25, 0.3) is 0 Å². The predicted molar refractivity (Wildman–Crippen MR) is 90.5 cm³/mol. The Hall–Kier alpha value is -0.610. The van der Waals surface area contributed by atoms with Crippen LogP contribution >= 0.6 is 0 Å². The number of hydrogen-bond donors (Lipinski definition) is 1. The molecule has 22 heavy (non-hydrogen) atoms. The highest BCUT2D eigenvalue weighted by atomic mass is 16.4. The first kappa shape index (κ1) is 21.4. The maximum absolute atomic E-state index is 10.4. The zero-order chi connectivity index (χ0) is 16.5. The Morgan fingerprint density at radius 1 is 0.864 bits per heavy atom. The smallest absolute Gasteiger partial charge is 0.0755 e. The third-order valence-electron chi connectivity index (χ3n) is 4.20. The lowest BCUT2D eigenvalue weighted by molar-refractivity contribution is -0.655. The number of carbonyl (C=O) groups is 1. The van der Waals surface area contributed by atoms with E-state index in [4.69, 9.17) is 5.73 Å². The summed E-state index contributed by atoms with van der Waals surface area (Å²) < 4.78 is 0. The van der Waals surface area contributed by atoms with Crippen LogP contribution in [0.2, 0.25) is 0 Å². The number of carboxylic acid groups (broad SMARTS) is 1. The first-order valence-corrected chi connectivity index (χ1v) is 9.42. The Morgan fingerprint density at radius 3 is 1.82 bits per heavy atom. The van der Waals surface area contributed by atoms with Gasteiger partial charge in [0.05, 0.1) is 13.1 Å². The van der Waals surface area contributed by atoms with Crippen LogP contribution in [0.1, 0.15) is 90.4 Å². The monoisotopic (exact) mass is 313 g/mol. The van der Waals surface area contributed by atoms with E-state index in [2.05, 4.69) is 12.2 Å². The fourth-order valence-corrected chi connectivity index (χ4v) is 2.68. The summed E-state index contributed by atoms with van der Waals surface area (Å²) in [4.78, 5) is 10.4. The first-order chi connectivity index (χ1) is 10.7. The molecule has 0 saturated heterocycles. The maximum Gasteiger partial charge on any atom is 0.0755 e. The number of carbonyl (C=O) groups excluding carboxylic acids is 1. The number of unbranched alkanes of at least 4 members (excludes halogenated alkanes) is 10. The van der Waals surface area contributed by atoms with Gasteiger partial charge in [0.15, 0.2) is 0 Å². The van der Waals surface area contributed by atoms with Crippen LogP contribution in [0.25, 0.3) is 5.73 Å². The molecule has 0 aromatic carbocycles. The highest BCUT2D eigenvalue weighted by Gasteiger charge is 1.97. The van der Waals surface area contributed by atoms with Crippen molar-refractivity contribution in [2.24, 2.45) is 0 Å². The maximum atomic E-state index is 10.4. The molecule has 0 bridgehead atoms. The number of quaternary nitrogens is 1. The van der Waals surface area contributed by atoms with E-state index in [0.717, 1.165) is 19.4 Å². The molecule has 0 aliphatic heterocycles. The van der Waals surface area contributed by atoms with Crippen LogP contribution in [-0.2, 0) is 4.79 Å². The van der Waals surface area contributed by atoms with Gasteiger partial charge in [-0.15, -0.1) is 0 Å². The van der Waals surface area contributed by atoms with Crippen LogP contribution in [0, 0.1) is 0 Å². The average Bonchev–Trinajstić information content (AvgIpc) is 2.50. The fourth-order valence-electron chi connectivity index (χ4n) is 2.68. The van der Waals surface area contributed by atoms with Crippen LogP contribution in [0.4, 0.5) is 0 Å². The quantitative estimate of drug-likeness (QED) is 0.419. The van der Waals surface area contributed by atoms with Crippen molar-refractivity contribution in [1.29, 1.82) is 0 Å². The van der Waals surface area contributed by atoms with E-state index < -0.39 is 12.0 Å². The zero-order valence-corrected chi connectivity index (χ0v) is 14.6. The second-order valence-electron chi connectivity index (χ2n) is 6.42. The molecule has 1 atom stereocenters. The molecule has 132 valence electrons. The molecule has 0 fully saturated rings. The van der Waals surface area contributed by atoms with E-state index in [9.17, 15) is 9.90 Å². The summed E-state index contributed by atoms with van der Waals surface area (Å²) in [6, 6.07) is -1.04. The Labute approximate surface area is 137 Å². The third kappa shape index (κ3) is 15.8. The topological polar surface area (TPSA) is 80.5 Å². The highest BCUT2D eigenvalue weighted by Crippen LogP contribution is 2.10. The largest absolute Gasteiger partial charge is 0.670 e. The van der Waals surface area contributed by atoms with E-state index >= 15 is 0 Å². The Kier molecular flexibility index (Phi) is 16.3. The molecule has 0 aromatic rings. The van der Waals surface area contributed by atoms with Gasteiger partial charge >= 0.3 is 0 Å². The van der Waals surface area contributed by atoms with Gasteiger partial charge in [-0.1, -0.05) is 70.8 Å². The lowest BCUT2D eigenvalue weighted by atomic mass is 10.1. The Bertz CT molecular complexity index is 247. The van der Waals surface area contributed by atoms with Gasteiger partial charge in [0.2, 0.25) is 0 Å². The van der Waals surface area contributed by atoms with Crippen molar-refractivity contribution in [3.63, 3.8) is 0 Å². The number of nitrogens with two attached hydrogens (primary N) is 1. The fraction of sp³-hybridized carbons (Fsp3) is 0.944. The molecular formula is C18H37N2O2-. The SMILES string of the molecule is CCCCCCCCCCCC[NH2+]CCCCC([NH-])C(=O)[O-]. The Morgan fingerprint density at radius 2 is 1.32 bits per heavy atom. The second kappa shape index (κ2) is 16.8. The molecule has 0 aromatic heterocycles. The minimum absolute atomic E-state index is 0.425. The van der Waals surface area contributed by atoms with Crippen molar-refractivity contribution >= 4 is 5.97 Å². The summed E-state index contributed by atoms with van der Waals surface area (Å²) in [5.41, 5.74) is 7.23. The minimum Gasteiger partial charge on any atom is -0.670 e. The number of carboxylic acids is 1. The number of rotatable bonds is 17. The molecule has 0 aliphatic carbocycles. The summed E-state index contributed by atoms with van der Waals surface area (Å²) in [6.45, 7) is 4.50. The molecule has 0 aliphatic rings. The zero-order valence-electron chi connectivity index (χ0n) is 14.6. The van der Waals surface area contributed by atoms with Crippen LogP contribution in [0.15, 0.2) is 0 Å². The van der Waals surface area contributed by atoms with E-state index in [1.165, 1.54) is 70.8 Å². The molecular weight excluding hydrogens is 276 g/mol. The van der Waals surface area contributed by atoms with E-state index in [1.807, 2.05) is 0 Å². The summed E-state index contributed by atoms with van der Waals surface area (Å²) in [6.07, 6.45) is 16.0. The first-order valence-electron chi connectivity index (χ1n) is 9.42. The standard InChI is InChI=1S/C18H37N2O2/c1-2-3-4-5-6-7-8-9-10-12-15-20-16-13-11-14-17(19)18(21)22/h17,19-20H,2-16H2,1H3,(H,21,22)/q-1. The van der Waals surface area contributed by atoms with Crippen molar-refractivity contribution in [2.75, 3.05) is 13.1 Å². The van der Waals surface area contributed by atoms with Crippen LogP contribution < -0.4 is 10.4 Å². The summed E-state index contributed by atoms with van der Waals surface area (Å²) in [5.74, 6) is -1.24. The van der Waals surface area contributed by atoms with Gasteiger partial charge in [0.1, 0.15) is 0 Å². The molecule has 0 amide bonds. The van der Waals surface area contributed by atoms with Crippen molar-refractivity contribution < 1.29 is 15.2 Å². The van der Waals surface area contributed by atoms with Crippen molar-refractivity contribution in [3.05, 3.63) is 5.73 Å². The number of aliphatic carboxylic acids is 1. The summed E-state index contributed by atoms with van der Waals surface area (Å²) in [7, 11) is 0. The normalized spacial score (nSPS) is 12.5. The van der Waals surface area contributed by atoms with Crippen LogP contribution in [-0.4, -0.2) is 25.1 Å².